The topological polar surface area (TPSA) is 42.1 Å². The van der Waals surface area contributed by atoms with Crippen molar-refractivity contribution in [3.05, 3.63) is 30.1 Å². The summed E-state index contributed by atoms with van der Waals surface area (Å²) in [4.78, 5) is 6.66. The Labute approximate surface area is 98.7 Å². The summed E-state index contributed by atoms with van der Waals surface area (Å²) in [6.07, 6.45) is 3.90. The van der Waals surface area contributed by atoms with Crippen molar-refractivity contribution in [2.45, 2.75) is 32.2 Å². The minimum atomic E-state index is 0.106. The molecule has 3 heteroatoms. The third-order valence-corrected chi connectivity index (χ3v) is 3.55. The Morgan fingerprint density at radius 3 is 2.69 bits per heavy atom. The van der Waals surface area contributed by atoms with Gasteiger partial charge < -0.3 is 5.73 Å². The van der Waals surface area contributed by atoms with Gasteiger partial charge in [0.2, 0.25) is 0 Å². The van der Waals surface area contributed by atoms with E-state index in [0.29, 0.717) is 6.54 Å². The smallest absolute Gasteiger partial charge is 0.0416 e. The van der Waals surface area contributed by atoms with Crippen molar-refractivity contribution in [3.63, 3.8) is 0 Å². The molecule has 0 aliphatic rings. The van der Waals surface area contributed by atoms with Crippen LogP contribution in [-0.4, -0.2) is 35.6 Å². The van der Waals surface area contributed by atoms with Gasteiger partial charge in [-0.2, -0.15) is 0 Å². The summed E-state index contributed by atoms with van der Waals surface area (Å²) in [7, 11) is 2.14. The van der Waals surface area contributed by atoms with E-state index in [0.717, 1.165) is 25.1 Å². The van der Waals surface area contributed by atoms with E-state index in [-0.39, 0.29) is 5.54 Å². The highest BCUT2D eigenvalue weighted by molar-refractivity contribution is 5.04. The van der Waals surface area contributed by atoms with Gasteiger partial charge in [0.1, 0.15) is 0 Å². The van der Waals surface area contributed by atoms with Crippen LogP contribution in [0.4, 0.5) is 0 Å². The third kappa shape index (κ3) is 3.29. The molecule has 1 aromatic rings. The molecule has 0 aromatic carbocycles. The lowest BCUT2D eigenvalue weighted by atomic mass is 9.97. The lowest BCUT2D eigenvalue weighted by Gasteiger charge is -2.37. The normalized spacial score (nSPS) is 15.1. The number of nitrogens with two attached hydrogens (primary N) is 1. The van der Waals surface area contributed by atoms with Gasteiger partial charge in [-0.05, 0) is 32.5 Å². The molecule has 0 saturated heterocycles. The molecule has 0 bridgehead atoms. The largest absolute Gasteiger partial charge is 0.329 e. The highest BCUT2D eigenvalue weighted by Gasteiger charge is 2.24. The van der Waals surface area contributed by atoms with E-state index in [1.807, 2.05) is 18.3 Å². The van der Waals surface area contributed by atoms with E-state index in [1.54, 1.807) is 0 Å². The zero-order valence-corrected chi connectivity index (χ0v) is 10.6. The van der Waals surface area contributed by atoms with Crippen molar-refractivity contribution < 1.29 is 0 Å². The molecule has 0 amide bonds. The first-order chi connectivity index (χ1) is 7.62. The van der Waals surface area contributed by atoms with Crippen molar-refractivity contribution in [2.24, 2.45) is 5.73 Å². The predicted octanol–water partition coefficient (Wildman–Crippen LogP) is 1.68. The number of rotatable bonds is 6. The van der Waals surface area contributed by atoms with E-state index in [4.69, 9.17) is 5.73 Å². The van der Waals surface area contributed by atoms with Crippen molar-refractivity contribution >= 4 is 0 Å². The average molecular weight is 221 g/mol. The maximum Gasteiger partial charge on any atom is 0.0416 e. The Kier molecular flexibility index (Phi) is 4.90. The monoisotopic (exact) mass is 221 g/mol. The van der Waals surface area contributed by atoms with Gasteiger partial charge in [0.25, 0.3) is 0 Å². The Hall–Kier alpha value is -0.930. The first-order valence-corrected chi connectivity index (χ1v) is 5.93. The summed E-state index contributed by atoms with van der Waals surface area (Å²) in [5.41, 5.74) is 7.08. The average Bonchev–Trinajstić information content (AvgIpc) is 2.36. The molecular formula is C13H23N3. The maximum absolute atomic E-state index is 5.83. The Morgan fingerprint density at radius 1 is 1.44 bits per heavy atom. The Balaban J connectivity index is 2.49. The molecular weight excluding hydrogens is 198 g/mol. The number of aromatic nitrogens is 1. The van der Waals surface area contributed by atoms with Crippen LogP contribution in [0.5, 0.6) is 0 Å². The van der Waals surface area contributed by atoms with Crippen molar-refractivity contribution in [1.29, 1.82) is 0 Å². The van der Waals surface area contributed by atoms with Gasteiger partial charge in [-0.3, -0.25) is 9.88 Å². The summed E-state index contributed by atoms with van der Waals surface area (Å²) in [5, 5.41) is 0. The molecule has 1 heterocycles. The molecule has 2 N–H and O–H groups in total. The quantitative estimate of drug-likeness (QED) is 0.794. The fourth-order valence-electron chi connectivity index (χ4n) is 1.67. The van der Waals surface area contributed by atoms with Crippen molar-refractivity contribution in [3.8, 4) is 0 Å². The first-order valence-electron chi connectivity index (χ1n) is 5.93. The molecule has 1 rings (SSSR count). The molecule has 16 heavy (non-hydrogen) atoms. The predicted molar refractivity (Wildman–Crippen MR) is 68.3 cm³/mol. The van der Waals surface area contributed by atoms with Crippen LogP contribution in [-0.2, 0) is 6.42 Å². The molecule has 0 spiro atoms. The summed E-state index contributed by atoms with van der Waals surface area (Å²) >= 11 is 0. The molecule has 1 unspecified atom stereocenters. The number of hydrogen-bond acceptors (Lipinski definition) is 3. The molecule has 0 aliphatic carbocycles. The summed E-state index contributed by atoms with van der Waals surface area (Å²) < 4.78 is 0. The standard InChI is InChI=1S/C13H23N3/c1-4-13(2,11-14)16(3)10-8-12-7-5-6-9-15-12/h5-7,9H,4,8,10-11,14H2,1-3H3. The van der Waals surface area contributed by atoms with Crippen LogP contribution in [0.3, 0.4) is 0 Å². The van der Waals surface area contributed by atoms with E-state index < -0.39 is 0 Å². The molecule has 0 fully saturated rings. The lowest BCUT2D eigenvalue weighted by Crippen LogP contribution is -2.49. The zero-order valence-electron chi connectivity index (χ0n) is 10.6. The van der Waals surface area contributed by atoms with Gasteiger partial charge in [-0.1, -0.05) is 13.0 Å². The van der Waals surface area contributed by atoms with Gasteiger partial charge in [-0.15, -0.1) is 0 Å². The van der Waals surface area contributed by atoms with Crippen molar-refractivity contribution in [2.75, 3.05) is 20.1 Å². The second kappa shape index (κ2) is 5.97. The van der Waals surface area contributed by atoms with Gasteiger partial charge >= 0.3 is 0 Å². The van der Waals surface area contributed by atoms with Gasteiger partial charge in [0, 0.05) is 36.9 Å². The van der Waals surface area contributed by atoms with Gasteiger partial charge in [0.15, 0.2) is 0 Å². The molecule has 90 valence electrons. The SMILES string of the molecule is CCC(C)(CN)N(C)CCc1ccccn1. The maximum atomic E-state index is 5.83. The van der Waals surface area contributed by atoms with E-state index >= 15 is 0 Å². The van der Waals surface area contributed by atoms with Crippen LogP contribution in [0.25, 0.3) is 0 Å². The molecule has 0 aliphatic heterocycles. The van der Waals surface area contributed by atoms with Crippen LogP contribution in [0.1, 0.15) is 26.0 Å². The summed E-state index contributed by atoms with van der Waals surface area (Å²) in [5.74, 6) is 0. The molecule has 0 saturated carbocycles. The van der Waals surface area contributed by atoms with Crippen LogP contribution in [0.15, 0.2) is 24.4 Å². The highest BCUT2D eigenvalue weighted by Crippen LogP contribution is 2.16. The van der Waals surface area contributed by atoms with Crippen LogP contribution >= 0.6 is 0 Å². The molecule has 0 radical (unpaired) electrons. The van der Waals surface area contributed by atoms with Gasteiger partial charge in [-0.25, -0.2) is 0 Å². The molecule has 1 aromatic heterocycles. The minimum absolute atomic E-state index is 0.106. The third-order valence-electron chi connectivity index (χ3n) is 3.55. The number of nitrogens with zero attached hydrogens (tertiary/aromatic N) is 2. The Morgan fingerprint density at radius 2 is 2.19 bits per heavy atom. The fourth-order valence-corrected chi connectivity index (χ4v) is 1.67. The molecule has 1 atom stereocenters. The minimum Gasteiger partial charge on any atom is -0.329 e. The molecule has 3 nitrogen and oxygen atoms in total. The lowest BCUT2D eigenvalue weighted by molar-refractivity contribution is 0.141. The Bertz CT molecular complexity index is 293. The number of hydrogen-bond donors (Lipinski definition) is 1. The number of pyridine rings is 1. The highest BCUT2D eigenvalue weighted by atomic mass is 15.2. The summed E-state index contributed by atoms with van der Waals surface area (Å²) in [6, 6.07) is 6.05. The van der Waals surface area contributed by atoms with Crippen molar-refractivity contribution in [1.82, 2.24) is 9.88 Å². The van der Waals surface area contributed by atoms with Gasteiger partial charge in [0.05, 0.1) is 0 Å². The number of likely N-dealkylation sites (N-methyl/N-ethyl adjacent to an activating group) is 1. The van der Waals surface area contributed by atoms with E-state index in [2.05, 4.69) is 36.8 Å². The zero-order chi connectivity index (χ0) is 12.0. The fraction of sp³-hybridized carbons (Fsp3) is 0.615. The van der Waals surface area contributed by atoms with E-state index in [1.165, 1.54) is 0 Å². The van der Waals surface area contributed by atoms with Crippen LogP contribution < -0.4 is 5.73 Å². The first kappa shape index (κ1) is 13.1. The second-order valence-electron chi connectivity index (χ2n) is 4.55. The second-order valence-corrected chi connectivity index (χ2v) is 4.55. The van der Waals surface area contributed by atoms with E-state index in [9.17, 15) is 0 Å². The summed E-state index contributed by atoms with van der Waals surface area (Å²) in [6.45, 7) is 6.09. The van der Waals surface area contributed by atoms with Crippen LogP contribution in [0.2, 0.25) is 0 Å². The van der Waals surface area contributed by atoms with Crippen LogP contribution in [0, 0.1) is 0 Å².